The monoisotopic (exact) mass is 1260 g/mol. The number of fused-ring (bicyclic) bond motifs is 5. The molecule has 10 rings (SSSR count). The molecule has 73 heavy (non-hydrogen) atoms. The van der Waals surface area contributed by atoms with Crippen LogP contribution in [0.15, 0.2) is 120 Å². The van der Waals surface area contributed by atoms with Crippen LogP contribution in [0.3, 0.4) is 0 Å². The molecule has 4 aliphatic rings. The molecule has 4 aliphatic carbocycles. The van der Waals surface area contributed by atoms with Crippen molar-refractivity contribution in [2.45, 2.75) is 154 Å². The number of aromatic hydroxyl groups is 1. The predicted molar refractivity (Wildman–Crippen MR) is 313 cm³/mol. The number of halogens is 2. The van der Waals surface area contributed by atoms with Crippen LogP contribution in [0.5, 0.6) is 5.75 Å². The van der Waals surface area contributed by atoms with Crippen molar-refractivity contribution in [3.05, 3.63) is 223 Å². The van der Waals surface area contributed by atoms with Crippen LogP contribution in [0.2, 0.25) is 0 Å². The van der Waals surface area contributed by atoms with E-state index in [0.717, 1.165) is 16.7 Å². The molecule has 0 heterocycles. The van der Waals surface area contributed by atoms with Crippen molar-refractivity contribution in [3.8, 4) is 16.9 Å². The van der Waals surface area contributed by atoms with Gasteiger partial charge in [0.05, 0.1) is 0 Å². The van der Waals surface area contributed by atoms with Gasteiger partial charge in [-0.1, -0.05) is 175 Å². The second-order valence-electron chi connectivity index (χ2n) is 22.4. The Labute approximate surface area is 482 Å². The number of hydrogen-bond acceptors (Lipinski definition) is 2. The van der Waals surface area contributed by atoms with E-state index in [1.807, 2.05) is 31.2 Å². The summed E-state index contributed by atoms with van der Waals surface area (Å²) in [4.78, 5) is 4.02. The largest absolute Gasteiger partial charge is 4.00 e. The summed E-state index contributed by atoms with van der Waals surface area (Å²) in [6.45, 7) is 20.7. The van der Waals surface area contributed by atoms with Crippen LogP contribution in [0, 0.1) is 56.4 Å². The van der Waals surface area contributed by atoms with Crippen molar-refractivity contribution in [2.75, 3.05) is 7.05 Å². The molecule has 0 unspecified atom stereocenters. The molecule has 6 heteroatoms. The molecule has 0 atom stereocenters. The molecule has 1 N–H and O–H groups in total. The van der Waals surface area contributed by atoms with E-state index in [0.29, 0.717) is 17.6 Å². The molecule has 6 aromatic carbocycles. The zero-order valence-corrected chi connectivity index (χ0v) is 54.5. The van der Waals surface area contributed by atoms with Crippen LogP contribution in [0.25, 0.3) is 11.1 Å². The van der Waals surface area contributed by atoms with Gasteiger partial charge in [0, 0.05) is 41.1 Å². The topological polar surface area (TPSA) is 32.6 Å². The number of benzene rings is 6. The molecule has 386 valence electrons. The first-order valence-electron chi connectivity index (χ1n) is 25.2. The zero-order valence-electron chi connectivity index (χ0n) is 46.9. The Morgan fingerprint density at radius 2 is 1.04 bits per heavy atom. The van der Waals surface area contributed by atoms with E-state index in [9.17, 15) is 5.11 Å². The first kappa shape index (κ1) is 64.4. The Hall–Kier alpha value is -2.88. The molecular weight excluding hydrogens is 1180 g/mol. The van der Waals surface area contributed by atoms with Crippen LogP contribution in [-0.2, 0) is 81.2 Å². The Bertz CT molecular complexity index is 2650. The maximum atomic E-state index is 10.6. The van der Waals surface area contributed by atoms with E-state index in [1.165, 1.54) is 103 Å². The molecule has 0 amide bonds. The first-order valence-corrected chi connectivity index (χ1v) is 31.6. The Morgan fingerprint density at radius 3 is 1.47 bits per heavy atom. The van der Waals surface area contributed by atoms with E-state index in [-0.39, 0.29) is 77.2 Å². The third kappa shape index (κ3) is 12.6. The first-order chi connectivity index (χ1) is 32.5. The minimum Gasteiger partial charge on any atom is 4.00 e. The molecule has 0 radical (unpaired) electrons. The molecule has 1 fully saturated rings. The summed E-state index contributed by atoms with van der Waals surface area (Å²) in [6, 6.07) is 44.6. The Morgan fingerprint density at radius 1 is 0.603 bits per heavy atom. The number of hydrogen-bond donors (Lipinski definition) is 1. The molecule has 0 saturated heterocycles. The van der Waals surface area contributed by atoms with E-state index in [2.05, 4.69) is 151 Å². The molecule has 0 aliphatic heterocycles. The van der Waals surface area contributed by atoms with Crippen molar-refractivity contribution >= 4 is 23.2 Å². The van der Waals surface area contributed by atoms with Crippen molar-refractivity contribution in [1.82, 2.24) is 0 Å². The minimum absolute atomic E-state index is 0. The van der Waals surface area contributed by atoms with Crippen molar-refractivity contribution < 1.29 is 51.8 Å². The number of rotatable bonds is 7. The normalized spacial score (nSPS) is 16.1. The number of aryl methyl sites for hydroxylation is 5. The molecule has 1 saturated carbocycles. The quantitative estimate of drug-likeness (QED) is 0.0964. The van der Waals surface area contributed by atoms with Gasteiger partial charge in [-0.05, 0) is 162 Å². The third-order valence-corrected chi connectivity index (χ3v) is 16.7. The fourth-order valence-electron chi connectivity index (χ4n) is 13.1. The van der Waals surface area contributed by atoms with Gasteiger partial charge in [0.2, 0.25) is 0 Å². The SMILES string of the molecule is CN=Cc1cc(C)cc(C(C)(C)c2ccccc2)c1O.Cc1ccc(C(c2ccc(C)cc2)(C2CCCC2)C2c3cc4c(cc3-c3cc5c(cc32)CCCC5(C)C)C(C)(C)CCC4)cc1.[CH3-].[CH3-].[CH3-].[CH3-].[Cl][Zr][Cl].[Hf+4]. The van der Waals surface area contributed by atoms with Gasteiger partial charge in [0.1, 0.15) is 5.75 Å². The summed E-state index contributed by atoms with van der Waals surface area (Å²) < 4.78 is 0. The van der Waals surface area contributed by atoms with Crippen molar-refractivity contribution in [3.63, 3.8) is 0 Å². The second-order valence-corrected chi connectivity index (χ2v) is 26.1. The van der Waals surface area contributed by atoms with Gasteiger partial charge in [-0.25, -0.2) is 0 Å². The van der Waals surface area contributed by atoms with E-state index < -0.39 is 20.8 Å². The molecule has 6 aromatic rings. The van der Waals surface area contributed by atoms with Crippen LogP contribution in [-0.4, -0.2) is 18.4 Å². The average molecular weight is 1260 g/mol. The van der Waals surface area contributed by atoms with Gasteiger partial charge < -0.3 is 34.8 Å². The summed E-state index contributed by atoms with van der Waals surface area (Å²) >= 11 is -0.826. The maximum Gasteiger partial charge on any atom is 4.00 e. The van der Waals surface area contributed by atoms with Crippen molar-refractivity contribution in [1.29, 1.82) is 0 Å². The van der Waals surface area contributed by atoms with E-state index in [1.54, 1.807) is 46.6 Å². The van der Waals surface area contributed by atoms with Gasteiger partial charge in [-0.15, -0.1) is 0 Å². The van der Waals surface area contributed by atoms with Gasteiger partial charge >= 0.3 is 63.7 Å². The fourth-order valence-corrected chi connectivity index (χ4v) is 13.1. The van der Waals surface area contributed by atoms with Crippen LogP contribution in [0.1, 0.15) is 177 Å². The van der Waals surface area contributed by atoms with Gasteiger partial charge in [-0.3, -0.25) is 4.99 Å². The molecule has 0 aromatic heterocycles. The minimum atomic E-state index is -0.826. The Balaban J connectivity index is 0.000000428. The molecule has 2 nitrogen and oxygen atoms in total. The van der Waals surface area contributed by atoms with Gasteiger partial charge in [-0.2, -0.15) is 0 Å². The third-order valence-electron chi connectivity index (χ3n) is 16.7. The van der Waals surface area contributed by atoms with E-state index in [4.69, 9.17) is 17.0 Å². The summed E-state index contributed by atoms with van der Waals surface area (Å²) in [5.74, 6) is 1.23. The zero-order chi connectivity index (χ0) is 48.6. The van der Waals surface area contributed by atoms with Crippen molar-refractivity contribution in [2.24, 2.45) is 10.9 Å². The van der Waals surface area contributed by atoms with Crippen LogP contribution in [0.4, 0.5) is 0 Å². The standard InChI is InChI=1S/C45H52.C18H21NO.4CH3.2ClH.Hf.Zr/c1-29-15-19-34(20-16-29)45(33-13-7-8-14-33,35-21-17-30(2)18-22-35)42-38-25-31-11-9-23-43(3,4)40(31)27-36(38)37-28-41-32(26-39(37)42)12-10-24-44(41,5)6;1-13-10-14(12-19-4)17(20)16(11-13)18(2,3)15-8-6-5-7-9-15;;;;;;;;/h15-22,25-28,33,42H,7-14,23-24H2,1-6H3;5-12,20H,1-4H3;4*1H3;2*1H;;/q;;4*-1;;;+4;+2/p-2. The smallest absolute Gasteiger partial charge is 4.00 e. The summed E-state index contributed by atoms with van der Waals surface area (Å²) in [5.41, 5.74) is 22.5. The van der Waals surface area contributed by atoms with Gasteiger partial charge in [0.15, 0.2) is 0 Å². The van der Waals surface area contributed by atoms with Crippen LogP contribution < -0.4 is 0 Å². The van der Waals surface area contributed by atoms with E-state index >= 15 is 0 Å². The fraction of sp³-hybridized carbons (Fsp3) is 0.388. The van der Waals surface area contributed by atoms with Crippen LogP contribution >= 0.6 is 17.0 Å². The number of aliphatic imine (C=N–C) groups is 1. The molecule has 0 bridgehead atoms. The molecular formula is C67H85Cl2HfNOZr. The summed E-state index contributed by atoms with van der Waals surface area (Å²) in [7, 11) is 11.6. The maximum absolute atomic E-state index is 10.6. The Kier molecular flexibility index (Phi) is 23.3. The van der Waals surface area contributed by atoms with Gasteiger partial charge in [0.25, 0.3) is 0 Å². The number of nitrogens with zero attached hydrogens (tertiary/aromatic N) is 1. The number of phenolic OH excluding ortho intramolecular Hbond substituents is 1. The summed E-state index contributed by atoms with van der Waals surface area (Å²) in [6.07, 6.45) is 14.6. The second kappa shape index (κ2) is 26.5. The molecule has 0 spiro atoms. The summed E-state index contributed by atoms with van der Waals surface area (Å²) in [5, 5.41) is 10.6. The average Bonchev–Trinajstić information content (AvgIpc) is 3.96. The predicted octanol–water partition coefficient (Wildman–Crippen LogP) is 19.1. The number of phenols is 1.